The second kappa shape index (κ2) is 40.6. The van der Waals surface area contributed by atoms with Gasteiger partial charge in [0.05, 0.1) is 0 Å². The summed E-state index contributed by atoms with van der Waals surface area (Å²) >= 11 is -3.50. The van der Waals surface area contributed by atoms with Crippen LogP contribution in [0.15, 0.2) is 0 Å². The predicted octanol–water partition coefficient (Wildman–Crippen LogP) is -4.67. The molecule has 40 valence electrons. The molecule has 0 bridgehead atoms. The van der Waals surface area contributed by atoms with E-state index in [4.69, 9.17) is 15.9 Å². The van der Waals surface area contributed by atoms with Gasteiger partial charge in [0.15, 0.2) is 0 Å². The average Bonchev–Trinajstić information content (AvgIpc) is 1.39. The standard InChI is InChI=1S/2Al.Ce.Mg.4O.Sr.2H/q;;;+2;;;2*-1;;;. The Balaban J connectivity index is -0.00000000889. The normalized spacial score (nSPS) is 1.78. The van der Waals surface area contributed by atoms with Crippen LogP contribution < -0.4 is 8.32 Å². The predicted molar refractivity (Wildman–Crippen MR) is 27.2 cm³/mol. The summed E-state index contributed by atoms with van der Waals surface area (Å²) in [7, 11) is 0. The van der Waals surface area contributed by atoms with Gasteiger partial charge in [-0.15, -0.1) is 0 Å². The van der Waals surface area contributed by atoms with Crippen LogP contribution in [0.4, 0.5) is 0 Å². The molecule has 0 N–H and O–H groups in total. The van der Waals surface area contributed by atoms with Crippen molar-refractivity contribution in [3.8, 4) is 0 Å². The van der Waals surface area contributed by atoms with Crippen LogP contribution in [0.3, 0.4) is 0 Å². The first-order valence-corrected chi connectivity index (χ1v) is 2.83. The number of hydrogen-bond donors (Lipinski definition) is 0. The zero-order chi connectivity index (χ0) is 5.41. The summed E-state index contributed by atoms with van der Waals surface area (Å²) < 4.78 is 33.8. The summed E-state index contributed by atoms with van der Waals surface area (Å²) in [5, 5.41) is 0. The maximum atomic E-state index is 8.46. The molecule has 0 unspecified atom stereocenters. The second-order valence-corrected chi connectivity index (χ2v) is 0.577. The Hall–Kier alpha value is 3.89. The Morgan fingerprint density at radius 3 is 1.00 bits per heavy atom. The number of rotatable bonds is 0. The second-order valence-electron chi connectivity index (χ2n) is 0.192. The fourth-order valence-corrected chi connectivity index (χ4v) is 0. The molecule has 0 aromatic heterocycles. The number of hydrogen-bond acceptors (Lipinski definition) is 4. The molecule has 0 aliphatic heterocycles. The summed E-state index contributed by atoms with van der Waals surface area (Å²) in [4.78, 5) is 0. The summed E-state index contributed by atoms with van der Waals surface area (Å²) in [5.74, 6) is 0. The third-order valence-corrected chi connectivity index (χ3v) is 0. The van der Waals surface area contributed by atoms with Crippen molar-refractivity contribution in [2.75, 3.05) is 0 Å². The molecule has 0 atom stereocenters. The molecule has 0 saturated heterocycles. The molecule has 4 nitrogen and oxygen atoms in total. The zero-order valence-electron chi connectivity index (χ0n) is 3.99. The average molecular weight is 372 g/mol. The first kappa shape index (κ1) is 29.3. The Kier molecular flexibility index (Phi) is 132. The Morgan fingerprint density at radius 1 is 1.00 bits per heavy atom. The van der Waals surface area contributed by atoms with Gasteiger partial charge >= 0.3 is 115 Å². The molecule has 0 aromatic carbocycles. The van der Waals surface area contributed by atoms with Gasteiger partial charge in [0.2, 0.25) is 0 Å². The van der Waals surface area contributed by atoms with E-state index in [0.29, 0.717) is 0 Å². The molecule has 0 amide bonds. The maximum absolute atomic E-state index is 8.46. The van der Waals surface area contributed by atoms with Gasteiger partial charge in [0, 0.05) is 41.7 Å². The van der Waals surface area contributed by atoms with Crippen LogP contribution in [0, 0.1) is 41.7 Å². The van der Waals surface area contributed by atoms with Crippen LogP contribution in [0.2, 0.25) is 0 Å². The molecule has 0 heterocycles. The van der Waals surface area contributed by atoms with Crippen molar-refractivity contribution in [1.29, 1.82) is 0 Å². The first-order chi connectivity index (χ1) is 2.83. The molecule has 9 heavy (non-hydrogen) atoms. The third-order valence-electron chi connectivity index (χ3n) is 0. The molecule has 0 radical (unpaired) electrons. The molecule has 0 fully saturated rings. The van der Waals surface area contributed by atoms with Gasteiger partial charge in [-0.1, -0.05) is 0 Å². The van der Waals surface area contributed by atoms with E-state index in [1.807, 2.05) is 0 Å². The van der Waals surface area contributed by atoms with E-state index < -0.39 is 31.0 Å². The van der Waals surface area contributed by atoms with E-state index >= 15 is 0 Å². The van der Waals surface area contributed by atoms with E-state index in [2.05, 4.69) is 0 Å². The monoisotopic (exact) mass is 372 g/mol. The summed E-state index contributed by atoms with van der Waals surface area (Å²) in [5.41, 5.74) is 0. The van der Waals surface area contributed by atoms with Crippen LogP contribution in [0.25, 0.3) is 0 Å². The zero-order valence-corrected chi connectivity index (χ0v) is 10.9. The van der Waals surface area contributed by atoms with Crippen molar-refractivity contribution < 1.29 is 57.7 Å². The van der Waals surface area contributed by atoms with Crippen molar-refractivity contribution >= 4 is 99.5 Å². The van der Waals surface area contributed by atoms with Gasteiger partial charge < -0.3 is 0 Å². The van der Waals surface area contributed by atoms with Crippen molar-refractivity contribution in [2.24, 2.45) is 0 Å². The summed E-state index contributed by atoms with van der Waals surface area (Å²) in [6.45, 7) is 0. The molecule has 0 aromatic rings. The van der Waals surface area contributed by atoms with Crippen LogP contribution in [0.5, 0.6) is 0 Å². The molecule has 0 saturated carbocycles. The topological polar surface area (TPSA) is 80.3 Å². The van der Waals surface area contributed by atoms with Gasteiger partial charge in [0.25, 0.3) is 0 Å². The summed E-state index contributed by atoms with van der Waals surface area (Å²) in [6.07, 6.45) is 0. The Bertz CT molecular complexity index is 39.5. The van der Waals surface area contributed by atoms with Crippen LogP contribution >= 0.6 is 0 Å². The van der Waals surface area contributed by atoms with Crippen LogP contribution in [-0.4, -0.2) is 99.5 Å². The van der Waals surface area contributed by atoms with E-state index in [0.717, 1.165) is 0 Å². The van der Waals surface area contributed by atoms with Crippen molar-refractivity contribution in [3.05, 3.63) is 0 Å². The SMILES string of the molecule is [Ce].[Mg+2].[O]=[Al][O-].[O]=[Al][O-].[SrH2]. The van der Waals surface area contributed by atoms with Gasteiger partial charge in [-0.3, -0.25) is 0 Å². The van der Waals surface area contributed by atoms with E-state index in [9.17, 15) is 0 Å². The van der Waals surface area contributed by atoms with Gasteiger partial charge in [0.1, 0.15) is 0 Å². The van der Waals surface area contributed by atoms with Gasteiger partial charge in [-0.05, 0) is 0 Å². The molecule has 0 aliphatic carbocycles. The van der Waals surface area contributed by atoms with Crippen molar-refractivity contribution in [1.82, 2.24) is 0 Å². The van der Waals surface area contributed by atoms with E-state index in [1.165, 1.54) is 0 Å². The quantitative estimate of drug-likeness (QED) is 0.401. The molecule has 9 heteroatoms. The van der Waals surface area contributed by atoms with E-state index in [1.54, 1.807) is 0 Å². The van der Waals surface area contributed by atoms with Crippen molar-refractivity contribution in [2.45, 2.75) is 0 Å². The minimum atomic E-state index is -1.75. The van der Waals surface area contributed by atoms with Gasteiger partial charge in [-0.25, -0.2) is 0 Å². The summed E-state index contributed by atoms with van der Waals surface area (Å²) in [6, 6.07) is 0. The first-order valence-electron chi connectivity index (χ1n) is 0.943. The molecule has 0 aliphatic rings. The molecule has 0 spiro atoms. The van der Waals surface area contributed by atoms with Gasteiger partial charge in [-0.2, -0.15) is 0 Å². The fourth-order valence-electron chi connectivity index (χ4n) is 0. The minimum absolute atomic E-state index is 0. The molecular formula is H2Al2CeMgO4Sr. The third kappa shape index (κ3) is 76.9. The molecular weight excluding hydrogens is 370 g/mol. The fraction of sp³-hybridized carbons (Fsp3) is 0. The molecule has 0 rings (SSSR count). The van der Waals surface area contributed by atoms with Crippen molar-refractivity contribution in [3.63, 3.8) is 0 Å². The van der Waals surface area contributed by atoms with E-state index in [-0.39, 0.29) is 110 Å². The Morgan fingerprint density at radius 2 is 1.00 bits per heavy atom. The van der Waals surface area contributed by atoms with Crippen LogP contribution in [0.1, 0.15) is 0 Å². The Labute approximate surface area is 153 Å². The van der Waals surface area contributed by atoms with Crippen LogP contribution in [-0.2, 0) is 7.61 Å².